The summed E-state index contributed by atoms with van der Waals surface area (Å²) < 4.78 is 0. The summed E-state index contributed by atoms with van der Waals surface area (Å²) in [7, 11) is 2.03. The predicted octanol–water partition coefficient (Wildman–Crippen LogP) is 1.75. The normalized spacial score (nSPS) is 19.2. The minimum Gasteiger partial charge on any atom is -0.340 e. The Hall–Kier alpha value is -1.10. The van der Waals surface area contributed by atoms with Crippen molar-refractivity contribution in [2.45, 2.75) is 39.0 Å². The van der Waals surface area contributed by atoms with Gasteiger partial charge in [-0.2, -0.15) is 4.98 Å². The number of hydrogen-bond acceptors (Lipinski definition) is 4. The highest BCUT2D eigenvalue weighted by Gasteiger charge is 2.21. The SMILES string of the molecule is CCC(C)c1nc(N2CCC(CNC)CC2)n[nH]1. The van der Waals surface area contributed by atoms with Crippen LogP contribution >= 0.6 is 0 Å². The van der Waals surface area contributed by atoms with Crippen molar-refractivity contribution in [2.24, 2.45) is 5.92 Å². The highest BCUT2D eigenvalue weighted by atomic mass is 15.4. The van der Waals surface area contributed by atoms with E-state index >= 15 is 0 Å². The first-order chi connectivity index (χ1) is 8.74. The van der Waals surface area contributed by atoms with Gasteiger partial charge in [0.2, 0.25) is 5.95 Å². The molecule has 1 aromatic heterocycles. The predicted molar refractivity (Wildman–Crippen MR) is 74.0 cm³/mol. The van der Waals surface area contributed by atoms with Crippen molar-refractivity contribution in [1.82, 2.24) is 20.5 Å². The van der Waals surface area contributed by atoms with E-state index in [1.54, 1.807) is 0 Å². The minimum atomic E-state index is 0.466. The Morgan fingerprint density at radius 1 is 1.44 bits per heavy atom. The zero-order valence-electron chi connectivity index (χ0n) is 11.7. The van der Waals surface area contributed by atoms with Gasteiger partial charge in [0.05, 0.1) is 0 Å². The largest absolute Gasteiger partial charge is 0.340 e. The van der Waals surface area contributed by atoms with Crippen LogP contribution in [0.2, 0.25) is 0 Å². The van der Waals surface area contributed by atoms with Crippen LogP contribution in [0.1, 0.15) is 44.9 Å². The van der Waals surface area contributed by atoms with E-state index < -0.39 is 0 Å². The van der Waals surface area contributed by atoms with E-state index in [-0.39, 0.29) is 0 Å². The average molecular weight is 251 g/mol. The van der Waals surface area contributed by atoms with Gasteiger partial charge in [-0.3, -0.25) is 5.10 Å². The van der Waals surface area contributed by atoms with Crippen molar-refractivity contribution < 1.29 is 0 Å². The van der Waals surface area contributed by atoms with E-state index in [2.05, 4.69) is 39.2 Å². The number of nitrogens with one attached hydrogen (secondary N) is 2. The van der Waals surface area contributed by atoms with Gasteiger partial charge in [-0.15, -0.1) is 5.10 Å². The summed E-state index contributed by atoms with van der Waals surface area (Å²) in [4.78, 5) is 6.92. The third-order valence-corrected chi connectivity index (χ3v) is 3.96. The molecule has 18 heavy (non-hydrogen) atoms. The van der Waals surface area contributed by atoms with Crippen LogP contribution in [-0.2, 0) is 0 Å². The summed E-state index contributed by atoms with van der Waals surface area (Å²) in [6.45, 7) is 7.63. The lowest BCUT2D eigenvalue weighted by molar-refractivity contribution is 0.391. The molecule has 2 heterocycles. The molecular formula is C13H25N5. The molecule has 5 heteroatoms. The third-order valence-electron chi connectivity index (χ3n) is 3.96. The molecular weight excluding hydrogens is 226 g/mol. The molecule has 1 aliphatic rings. The fourth-order valence-electron chi connectivity index (χ4n) is 2.45. The van der Waals surface area contributed by atoms with Crippen LogP contribution in [0.3, 0.4) is 0 Å². The molecule has 0 aromatic carbocycles. The fourth-order valence-corrected chi connectivity index (χ4v) is 2.45. The van der Waals surface area contributed by atoms with E-state index in [1.807, 2.05) is 7.05 Å². The minimum absolute atomic E-state index is 0.466. The number of H-pyrrole nitrogens is 1. The highest BCUT2D eigenvalue weighted by Crippen LogP contribution is 2.22. The second kappa shape index (κ2) is 6.18. The lowest BCUT2D eigenvalue weighted by atomic mass is 9.97. The molecule has 0 saturated carbocycles. The number of piperidine rings is 1. The molecule has 0 bridgehead atoms. The monoisotopic (exact) mass is 251 g/mol. The van der Waals surface area contributed by atoms with Gasteiger partial charge in [0.1, 0.15) is 5.82 Å². The number of nitrogens with zero attached hydrogens (tertiary/aromatic N) is 3. The molecule has 102 valence electrons. The van der Waals surface area contributed by atoms with Gasteiger partial charge in [0.25, 0.3) is 0 Å². The third kappa shape index (κ3) is 3.02. The molecule has 2 rings (SSSR count). The van der Waals surface area contributed by atoms with Gasteiger partial charge < -0.3 is 10.2 Å². The zero-order valence-corrected chi connectivity index (χ0v) is 11.7. The first-order valence-electron chi connectivity index (χ1n) is 7.06. The molecule has 1 fully saturated rings. The van der Waals surface area contributed by atoms with Crippen molar-refractivity contribution in [3.8, 4) is 0 Å². The zero-order chi connectivity index (χ0) is 13.0. The molecule has 1 aliphatic heterocycles. The molecule has 5 nitrogen and oxygen atoms in total. The lowest BCUT2D eigenvalue weighted by Crippen LogP contribution is -2.37. The summed E-state index contributed by atoms with van der Waals surface area (Å²) in [5, 5.41) is 10.7. The van der Waals surface area contributed by atoms with E-state index in [0.717, 1.165) is 43.7 Å². The van der Waals surface area contributed by atoms with E-state index in [9.17, 15) is 0 Å². The van der Waals surface area contributed by atoms with E-state index in [0.29, 0.717) is 5.92 Å². The van der Waals surface area contributed by atoms with Crippen LogP contribution in [0.15, 0.2) is 0 Å². The van der Waals surface area contributed by atoms with Crippen LogP contribution in [0, 0.1) is 5.92 Å². The Morgan fingerprint density at radius 3 is 2.78 bits per heavy atom. The smallest absolute Gasteiger partial charge is 0.244 e. The van der Waals surface area contributed by atoms with Crippen molar-refractivity contribution in [2.75, 3.05) is 31.6 Å². The summed E-state index contributed by atoms with van der Waals surface area (Å²) in [5.74, 6) is 3.17. The highest BCUT2D eigenvalue weighted by molar-refractivity contribution is 5.29. The van der Waals surface area contributed by atoms with Crippen molar-refractivity contribution in [3.63, 3.8) is 0 Å². The topological polar surface area (TPSA) is 56.8 Å². The lowest BCUT2D eigenvalue weighted by Gasteiger charge is -2.31. The Labute approximate surface area is 109 Å². The molecule has 1 saturated heterocycles. The Bertz CT molecular complexity index is 354. The molecule has 0 spiro atoms. The van der Waals surface area contributed by atoms with Gasteiger partial charge in [-0.25, -0.2) is 0 Å². The number of rotatable bonds is 5. The number of anilines is 1. The molecule has 0 amide bonds. The quantitative estimate of drug-likeness (QED) is 0.837. The van der Waals surface area contributed by atoms with Gasteiger partial charge in [-0.1, -0.05) is 13.8 Å². The summed E-state index contributed by atoms with van der Waals surface area (Å²) in [6, 6.07) is 0. The van der Waals surface area contributed by atoms with Crippen LogP contribution in [0.5, 0.6) is 0 Å². The van der Waals surface area contributed by atoms with Gasteiger partial charge in [-0.05, 0) is 38.8 Å². The van der Waals surface area contributed by atoms with E-state index in [4.69, 9.17) is 0 Å². The van der Waals surface area contributed by atoms with Crippen molar-refractivity contribution in [3.05, 3.63) is 5.82 Å². The standard InChI is InChI=1S/C13H25N5/c1-4-10(2)12-15-13(17-16-12)18-7-5-11(6-8-18)9-14-3/h10-11,14H,4-9H2,1-3H3,(H,15,16,17). The molecule has 0 aliphatic carbocycles. The molecule has 2 N–H and O–H groups in total. The van der Waals surface area contributed by atoms with Gasteiger partial charge in [0.15, 0.2) is 0 Å². The number of aromatic amines is 1. The maximum Gasteiger partial charge on any atom is 0.244 e. The maximum absolute atomic E-state index is 4.62. The Morgan fingerprint density at radius 2 is 2.17 bits per heavy atom. The van der Waals surface area contributed by atoms with Crippen LogP contribution in [-0.4, -0.2) is 41.9 Å². The summed E-state index contributed by atoms with van der Waals surface area (Å²) in [5.41, 5.74) is 0. The molecule has 1 unspecified atom stereocenters. The second-order valence-corrected chi connectivity index (χ2v) is 5.32. The van der Waals surface area contributed by atoms with Crippen LogP contribution < -0.4 is 10.2 Å². The Kier molecular flexibility index (Phi) is 4.58. The first-order valence-corrected chi connectivity index (χ1v) is 7.06. The van der Waals surface area contributed by atoms with Gasteiger partial charge in [0, 0.05) is 19.0 Å². The van der Waals surface area contributed by atoms with Crippen LogP contribution in [0.4, 0.5) is 5.95 Å². The summed E-state index contributed by atoms with van der Waals surface area (Å²) >= 11 is 0. The first kappa shape index (κ1) is 13.3. The number of hydrogen-bond donors (Lipinski definition) is 2. The van der Waals surface area contributed by atoms with Crippen molar-refractivity contribution in [1.29, 1.82) is 0 Å². The fraction of sp³-hybridized carbons (Fsp3) is 0.846. The second-order valence-electron chi connectivity index (χ2n) is 5.32. The van der Waals surface area contributed by atoms with Gasteiger partial charge >= 0.3 is 0 Å². The maximum atomic E-state index is 4.62. The molecule has 0 radical (unpaired) electrons. The summed E-state index contributed by atoms with van der Waals surface area (Å²) in [6.07, 6.45) is 3.56. The molecule has 1 atom stereocenters. The Balaban J connectivity index is 1.91. The average Bonchev–Trinajstić information content (AvgIpc) is 2.89. The van der Waals surface area contributed by atoms with E-state index in [1.165, 1.54) is 12.8 Å². The van der Waals surface area contributed by atoms with Crippen LogP contribution in [0.25, 0.3) is 0 Å². The van der Waals surface area contributed by atoms with Crippen molar-refractivity contribution >= 4 is 5.95 Å². The number of aromatic nitrogens is 3. The molecule has 1 aromatic rings.